The zero-order chi connectivity index (χ0) is 11.3. The van der Waals surface area contributed by atoms with Crippen molar-refractivity contribution in [2.24, 2.45) is 0 Å². The van der Waals surface area contributed by atoms with Crippen LogP contribution < -0.4 is 0 Å². The monoisotopic (exact) mass is 198 g/mol. The summed E-state index contributed by atoms with van der Waals surface area (Å²) in [5.74, 6) is -1.75. The van der Waals surface area contributed by atoms with E-state index in [1.54, 1.807) is 6.92 Å². The number of ketones is 2. The number of rotatable bonds is 5. The molecule has 0 unspecified atom stereocenters. The molecular formula is C10H14O4. The first kappa shape index (κ1) is 12.6. The molecule has 0 saturated carbocycles. The van der Waals surface area contributed by atoms with Crippen molar-refractivity contribution in [2.45, 2.75) is 33.6 Å². The molecule has 0 radical (unpaired) electrons. The van der Waals surface area contributed by atoms with Crippen molar-refractivity contribution < 1.29 is 19.5 Å². The molecule has 0 bridgehead atoms. The molecule has 1 N–H and O–H groups in total. The Bertz CT molecular complexity index is 299. The maximum Gasteiger partial charge on any atom is 0.331 e. The Balaban J connectivity index is 4.90. The summed E-state index contributed by atoms with van der Waals surface area (Å²) in [6, 6.07) is 0. The largest absolute Gasteiger partial charge is 0.478 e. The first-order chi connectivity index (χ1) is 6.40. The van der Waals surface area contributed by atoms with E-state index in [2.05, 4.69) is 0 Å². The van der Waals surface area contributed by atoms with E-state index in [-0.39, 0.29) is 29.1 Å². The molecule has 4 heteroatoms. The van der Waals surface area contributed by atoms with Crippen LogP contribution in [0, 0.1) is 0 Å². The molecule has 4 nitrogen and oxygen atoms in total. The third-order valence-electron chi connectivity index (χ3n) is 1.87. The van der Waals surface area contributed by atoms with Gasteiger partial charge in [0.1, 0.15) is 5.78 Å². The molecule has 78 valence electrons. The highest BCUT2D eigenvalue weighted by Gasteiger charge is 2.16. The fourth-order valence-corrected chi connectivity index (χ4v) is 1.13. The number of allylic oxidation sites excluding steroid dienone is 1. The van der Waals surface area contributed by atoms with Crippen LogP contribution in [0.4, 0.5) is 0 Å². The fraction of sp³-hybridized carbons (Fsp3) is 0.500. The van der Waals surface area contributed by atoms with Gasteiger partial charge in [-0.05, 0) is 20.3 Å². The van der Waals surface area contributed by atoms with Crippen molar-refractivity contribution in [3.8, 4) is 0 Å². The van der Waals surface area contributed by atoms with E-state index < -0.39 is 5.97 Å². The van der Waals surface area contributed by atoms with Crippen LogP contribution in [0.3, 0.4) is 0 Å². The third kappa shape index (κ3) is 3.51. The van der Waals surface area contributed by atoms with Crippen LogP contribution in [-0.2, 0) is 14.4 Å². The minimum atomic E-state index is -1.11. The second kappa shape index (κ2) is 5.32. The number of Topliss-reactive ketones (excluding diaryl/α,β-unsaturated/α-hetero) is 2. The summed E-state index contributed by atoms with van der Waals surface area (Å²) >= 11 is 0. The Labute approximate surface area is 82.6 Å². The van der Waals surface area contributed by atoms with Gasteiger partial charge in [-0.3, -0.25) is 9.59 Å². The van der Waals surface area contributed by atoms with E-state index in [0.29, 0.717) is 6.42 Å². The zero-order valence-electron chi connectivity index (χ0n) is 8.59. The normalized spacial score (nSPS) is 11.9. The van der Waals surface area contributed by atoms with Gasteiger partial charge < -0.3 is 5.11 Å². The quantitative estimate of drug-likeness (QED) is 0.534. The summed E-state index contributed by atoms with van der Waals surface area (Å²) in [6.07, 6.45) is 0.123. The van der Waals surface area contributed by atoms with Crippen LogP contribution in [0.15, 0.2) is 11.1 Å². The van der Waals surface area contributed by atoms with Crippen LogP contribution in [0.5, 0.6) is 0 Å². The molecule has 0 aromatic rings. The molecule has 0 aliphatic carbocycles. The zero-order valence-corrected chi connectivity index (χ0v) is 8.59. The highest BCUT2D eigenvalue weighted by Crippen LogP contribution is 2.12. The summed E-state index contributed by atoms with van der Waals surface area (Å²) in [5, 5.41) is 8.67. The minimum absolute atomic E-state index is 0.0266. The average molecular weight is 198 g/mol. The average Bonchev–Trinajstić information content (AvgIpc) is 2.03. The van der Waals surface area contributed by atoms with E-state index >= 15 is 0 Å². The lowest BCUT2D eigenvalue weighted by Gasteiger charge is -2.04. The molecule has 0 amide bonds. The van der Waals surface area contributed by atoms with E-state index in [4.69, 9.17) is 5.11 Å². The predicted molar refractivity (Wildman–Crippen MR) is 50.9 cm³/mol. The Morgan fingerprint density at radius 3 is 1.93 bits per heavy atom. The van der Waals surface area contributed by atoms with Gasteiger partial charge in [0, 0.05) is 11.1 Å². The maximum absolute atomic E-state index is 11.4. The Kier molecular flexibility index (Phi) is 4.77. The van der Waals surface area contributed by atoms with Crippen molar-refractivity contribution in [1.82, 2.24) is 0 Å². The molecule has 0 fully saturated rings. The summed E-state index contributed by atoms with van der Waals surface area (Å²) in [7, 11) is 0. The first-order valence-corrected chi connectivity index (χ1v) is 4.35. The van der Waals surface area contributed by atoms with Gasteiger partial charge in [0.15, 0.2) is 5.78 Å². The lowest BCUT2D eigenvalue weighted by Crippen LogP contribution is -2.12. The molecule has 0 rings (SSSR count). The van der Waals surface area contributed by atoms with Crippen molar-refractivity contribution in [1.29, 1.82) is 0 Å². The molecule has 0 aromatic carbocycles. The SMILES string of the molecule is CC/C(C(=O)CC(C)=O)=C(/C)C(=O)O. The predicted octanol–water partition coefficient (Wildman–Crippen LogP) is 1.35. The van der Waals surface area contributed by atoms with Gasteiger partial charge >= 0.3 is 5.97 Å². The molecule has 0 heterocycles. The molecule has 0 aromatic heterocycles. The number of hydrogen-bond acceptors (Lipinski definition) is 3. The van der Waals surface area contributed by atoms with Gasteiger partial charge in [0.05, 0.1) is 6.42 Å². The van der Waals surface area contributed by atoms with Crippen LogP contribution in [-0.4, -0.2) is 22.6 Å². The van der Waals surface area contributed by atoms with Crippen LogP contribution in [0.1, 0.15) is 33.6 Å². The number of carbonyl (C=O) groups is 3. The second-order valence-corrected chi connectivity index (χ2v) is 3.06. The lowest BCUT2D eigenvalue weighted by molar-refractivity contribution is -0.133. The lowest BCUT2D eigenvalue weighted by atomic mass is 9.99. The molecule has 0 spiro atoms. The first-order valence-electron chi connectivity index (χ1n) is 4.35. The molecule has 14 heavy (non-hydrogen) atoms. The van der Waals surface area contributed by atoms with Crippen molar-refractivity contribution in [3.63, 3.8) is 0 Å². The van der Waals surface area contributed by atoms with Gasteiger partial charge in [-0.15, -0.1) is 0 Å². The van der Waals surface area contributed by atoms with Gasteiger partial charge in [-0.25, -0.2) is 4.79 Å². The van der Waals surface area contributed by atoms with E-state index in [1.807, 2.05) is 0 Å². The Morgan fingerprint density at radius 1 is 1.14 bits per heavy atom. The van der Waals surface area contributed by atoms with Crippen LogP contribution in [0.2, 0.25) is 0 Å². The maximum atomic E-state index is 11.4. The van der Waals surface area contributed by atoms with Gasteiger partial charge in [0.2, 0.25) is 0 Å². The number of hydrogen-bond donors (Lipinski definition) is 1. The Hall–Kier alpha value is -1.45. The van der Waals surface area contributed by atoms with Crippen molar-refractivity contribution >= 4 is 17.5 Å². The van der Waals surface area contributed by atoms with Crippen LogP contribution in [0.25, 0.3) is 0 Å². The Morgan fingerprint density at radius 2 is 1.64 bits per heavy atom. The van der Waals surface area contributed by atoms with Gasteiger partial charge in [-0.1, -0.05) is 6.92 Å². The van der Waals surface area contributed by atoms with Crippen LogP contribution >= 0.6 is 0 Å². The minimum Gasteiger partial charge on any atom is -0.478 e. The summed E-state index contributed by atoms with van der Waals surface area (Å²) < 4.78 is 0. The number of carbonyl (C=O) groups excluding carboxylic acids is 2. The molecule has 0 saturated heterocycles. The molecule has 0 aliphatic heterocycles. The highest BCUT2D eigenvalue weighted by atomic mass is 16.4. The third-order valence-corrected chi connectivity index (χ3v) is 1.87. The van der Waals surface area contributed by atoms with Crippen molar-refractivity contribution in [3.05, 3.63) is 11.1 Å². The number of carboxylic acid groups (broad SMARTS) is 1. The number of aliphatic carboxylic acids is 1. The van der Waals surface area contributed by atoms with Crippen molar-refractivity contribution in [2.75, 3.05) is 0 Å². The summed E-state index contributed by atoms with van der Waals surface area (Å²) in [5.41, 5.74) is 0.256. The summed E-state index contributed by atoms with van der Waals surface area (Å²) in [6.45, 7) is 4.38. The fourth-order valence-electron chi connectivity index (χ4n) is 1.13. The van der Waals surface area contributed by atoms with Gasteiger partial charge in [-0.2, -0.15) is 0 Å². The summed E-state index contributed by atoms with van der Waals surface area (Å²) in [4.78, 5) is 32.7. The molecular weight excluding hydrogens is 184 g/mol. The topological polar surface area (TPSA) is 71.4 Å². The van der Waals surface area contributed by atoms with E-state index in [9.17, 15) is 14.4 Å². The second-order valence-electron chi connectivity index (χ2n) is 3.06. The standard InChI is InChI=1S/C10H14O4/c1-4-8(7(3)10(13)14)9(12)5-6(2)11/h4-5H2,1-3H3,(H,13,14)/b8-7+. The number of carboxylic acids is 1. The van der Waals surface area contributed by atoms with E-state index in [1.165, 1.54) is 13.8 Å². The molecule has 0 atom stereocenters. The smallest absolute Gasteiger partial charge is 0.331 e. The van der Waals surface area contributed by atoms with Gasteiger partial charge in [0.25, 0.3) is 0 Å². The molecule has 0 aliphatic rings. The van der Waals surface area contributed by atoms with E-state index in [0.717, 1.165) is 0 Å². The highest BCUT2D eigenvalue weighted by molar-refractivity contribution is 6.10.